The number of aryl methyl sites for hydroxylation is 4. The first-order valence-corrected chi connectivity index (χ1v) is 14.2. The zero-order chi connectivity index (χ0) is 28.3. The smallest absolute Gasteiger partial charge is 0.264 e. The molecule has 0 unspecified atom stereocenters. The minimum absolute atomic E-state index is 0.0324. The molecule has 39 heavy (non-hydrogen) atoms. The van der Waals surface area contributed by atoms with Crippen LogP contribution in [0.4, 0.5) is 5.69 Å². The molecule has 0 saturated carbocycles. The molecular formula is C30H31ClN4O3S. The van der Waals surface area contributed by atoms with Crippen molar-refractivity contribution in [3.05, 3.63) is 111 Å². The van der Waals surface area contributed by atoms with Crippen LogP contribution >= 0.6 is 11.6 Å². The number of sulfonamides is 1. The summed E-state index contributed by atoms with van der Waals surface area (Å²) >= 11 is 5.96. The van der Waals surface area contributed by atoms with E-state index in [0.29, 0.717) is 10.7 Å². The summed E-state index contributed by atoms with van der Waals surface area (Å²) in [4.78, 5) is 13.0. The molecule has 0 aliphatic carbocycles. The molecule has 1 amide bonds. The number of hydrogen-bond donors (Lipinski definition) is 1. The van der Waals surface area contributed by atoms with Crippen LogP contribution in [0.2, 0.25) is 5.02 Å². The predicted molar refractivity (Wildman–Crippen MR) is 158 cm³/mol. The van der Waals surface area contributed by atoms with Crippen LogP contribution in [0.15, 0.2) is 82.8 Å². The topological polar surface area (TPSA) is 83.8 Å². The zero-order valence-corrected chi connectivity index (χ0v) is 24.1. The SMILES string of the molecule is Cc1cccc(-n2c(C)cc(/C=N\NC(=O)CN(c3ccc(C)c(C)c3)S(=O)(=O)c3ccc(Cl)cc3)c2C)c1. The molecule has 0 fully saturated rings. The average Bonchev–Trinajstić information content (AvgIpc) is 3.17. The number of anilines is 1. The number of halogens is 1. The van der Waals surface area contributed by atoms with Gasteiger partial charge in [0.15, 0.2) is 0 Å². The number of aromatic nitrogens is 1. The number of carbonyl (C=O) groups excluding carboxylic acids is 1. The van der Waals surface area contributed by atoms with Crippen molar-refractivity contribution in [3.8, 4) is 5.69 Å². The van der Waals surface area contributed by atoms with Gasteiger partial charge in [-0.15, -0.1) is 0 Å². The molecule has 7 nitrogen and oxygen atoms in total. The van der Waals surface area contributed by atoms with Gasteiger partial charge in [0.25, 0.3) is 15.9 Å². The summed E-state index contributed by atoms with van der Waals surface area (Å²) in [6.45, 7) is 9.42. The lowest BCUT2D eigenvalue weighted by atomic mass is 10.1. The molecule has 0 saturated heterocycles. The highest BCUT2D eigenvalue weighted by molar-refractivity contribution is 7.92. The molecule has 0 bridgehead atoms. The monoisotopic (exact) mass is 562 g/mol. The quantitative estimate of drug-likeness (QED) is 0.210. The van der Waals surface area contributed by atoms with Crippen molar-refractivity contribution in [2.75, 3.05) is 10.8 Å². The molecular weight excluding hydrogens is 532 g/mol. The lowest BCUT2D eigenvalue weighted by Gasteiger charge is -2.24. The van der Waals surface area contributed by atoms with Crippen LogP contribution in [0, 0.1) is 34.6 Å². The fraction of sp³-hybridized carbons (Fsp3) is 0.200. The minimum atomic E-state index is -4.06. The number of hydrazone groups is 1. The van der Waals surface area contributed by atoms with E-state index in [0.717, 1.165) is 43.6 Å². The fourth-order valence-corrected chi connectivity index (χ4v) is 5.89. The third-order valence-corrected chi connectivity index (χ3v) is 8.63. The highest BCUT2D eigenvalue weighted by Crippen LogP contribution is 2.26. The van der Waals surface area contributed by atoms with E-state index in [4.69, 9.17) is 11.6 Å². The van der Waals surface area contributed by atoms with E-state index < -0.39 is 22.5 Å². The molecule has 0 spiro atoms. The highest BCUT2D eigenvalue weighted by atomic mass is 35.5. The molecule has 0 aliphatic heterocycles. The molecule has 9 heteroatoms. The van der Waals surface area contributed by atoms with E-state index in [2.05, 4.69) is 21.2 Å². The maximum Gasteiger partial charge on any atom is 0.264 e. The van der Waals surface area contributed by atoms with Crippen molar-refractivity contribution in [1.82, 2.24) is 9.99 Å². The van der Waals surface area contributed by atoms with Gasteiger partial charge in [-0.1, -0.05) is 29.8 Å². The lowest BCUT2D eigenvalue weighted by molar-refractivity contribution is -0.119. The van der Waals surface area contributed by atoms with E-state index in [9.17, 15) is 13.2 Å². The van der Waals surface area contributed by atoms with E-state index in [1.165, 1.54) is 24.3 Å². The van der Waals surface area contributed by atoms with Crippen molar-refractivity contribution in [1.29, 1.82) is 0 Å². The Bertz CT molecular complexity index is 1660. The average molecular weight is 563 g/mol. The predicted octanol–water partition coefficient (Wildman–Crippen LogP) is 6.02. The van der Waals surface area contributed by atoms with E-state index in [-0.39, 0.29) is 4.90 Å². The summed E-state index contributed by atoms with van der Waals surface area (Å²) in [5.41, 5.74) is 9.84. The Balaban J connectivity index is 1.57. The number of amides is 1. The number of rotatable bonds is 8. The first-order valence-electron chi connectivity index (χ1n) is 12.4. The minimum Gasteiger partial charge on any atom is -0.318 e. The van der Waals surface area contributed by atoms with Crippen molar-refractivity contribution in [2.24, 2.45) is 5.10 Å². The number of carbonyl (C=O) groups is 1. The van der Waals surface area contributed by atoms with Crippen LogP contribution in [0.25, 0.3) is 5.69 Å². The summed E-state index contributed by atoms with van der Waals surface area (Å²) in [6.07, 6.45) is 1.57. The molecule has 1 heterocycles. The maximum absolute atomic E-state index is 13.6. The first kappa shape index (κ1) is 28.1. The third kappa shape index (κ3) is 6.24. The molecule has 4 aromatic rings. The second kappa shape index (κ2) is 11.5. The van der Waals surface area contributed by atoms with Gasteiger partial charge in [0.1, 0.15) is 6.54 Å². The molecule has 0 radical (unpaired) electrons. The summed E-state index contributed by atoms with van der Waals surface area (Å²) in [5.74, 6) is -0.575. The molecule has 3 aromatic carbocycles. The maximum atomic E-state index is 13.6. The van der Waals surface area contributed by atoms with Crippen LogP contribution < -0.4 is 9.73 Å². The number of nitrogens with one attached hydrogen (secondary N) is 1. The molecule has 1 N–H and O–H groups in total. The molecule has 202 valence electrons. The van der Waals surface area contributed by atoms with Gasteiger partial charge < -0.3 is 4.57 Å². The largest absolute Gasteiger partial charge is 0.318 e. The van der Waals surface area contributed by atoms with Gasteiger partial charge in [-0.3, -0.25) is 9.10 Å². The second-order valence-corrected chi connectivity index (χ2v) is 11.8. The summed E-state index contributed by atoms with van der Waals surface area (Å²) < 4.78 is 30.4. The second-order valence-electron chi connectivity index (χ2n) is 9.53. The summed E-state index contributed by atoms with van der Waals surface area (Å²) in [6, 6.07) is 21.3. The van der Waals surface area contributed by atoms with Gasteiger partial charge in [-0.25, -0.2) is 13.8 Å². The Morgan fingerprint density at radius 3 is 2.33 bits per heavy atom. The van der Waals surface area contributed by atoms with Gasteiger partial charge in [0.2, 0.25) is 0 Å². The fourth-order valence-electron chi connectivity index (χ4n) is 4.35. The van der Waals surface area contributed by atoms with E-state index >= 15 is 0 Å². The molecule has 1 aromatic heterocycles. The van der Waals surface area contributed by atoms with Gasteiger partial charge in [-0.2, -0.15) is 5.10 Å². The first-order chi connectivity index (χ1) is 18.5. The van der Waals surface area contributed by atoms with Crippen LogP contribution in [-0.2, 0) is 14.8 Å². The Morgan fingerprint density at radius 2 is 1.67 bits per heavy atom. The van der Waals surface area contributed by atoms with Crippen molar-refractivity contribution >= 4 is 39.4 Å². The van der Waals surface area contributed by atoms with Crippen LogP contribution in [0.1, 0.15) is 33.6 Å². The normalized spacial score (nSPS) is 11.6. The van der Waals surface area contributed by atoms with Gasteiger partial charge >= 0.3 is 0 Å². The van der Waals surface area contributed by atoms with Gasteiger partial charge in [-0.05, 0) is 106 Å². The van der Waals surface area contributed by atoms with Gasteiger partial charge in [0.05, 0.1) is 16.8 Å². The van der Waals surface area contributed by atoms with Crippen molar-refractivity contribution in [3.63, 3.8) is 0 Å². The summed E-state index contributed by atoms with van der Waals surface area (Å²) in [5, 5.41) is 4.55. The number of hydrogen-bond acceptors (Lipinski definition) is 4. The Labute approximate surface area is 234 Å². The highest BCUT2D eigenvalue weighted by Gasteiger charge is 2.27. The standard InChI is InChI=1S/C30H31ClN4O3S/c1-20-7-6-8-28(15-20)35-23(4)17-25(24(35)5)18-32-33-30(36)19-34(27-12-9-21(2)22(3)16-27)39(37,38)29-13-10-26(31)11-14-29/h6-18H,19H2,1-5H3,(H,33,36)/b32-18-. The zero-order valence-electron chi connectivity index (χ0n) is 22.6. The lowest BCUT2D eigenvalue weighted by Crippen LogP contribution is -2.39. The summed E-state index contributed by atoms with van der Waals surface area (Å²) in [7, 11) is -4.06. The van der Waals surface area contributed by atoms with Crippen LogP contribution in [0.3, 0.4) is 0 Å². The molecule has 4 rings (SSSR count). The Morgan fingerprint density at radius 1 is 0.949 bits per heavy atom. The van der Waals surface area contributed by atoms with Crippen molar-refractivity contribution in [2.45, 2.75) is 39.5 Å². The third-order valence-electron chi connectivity index (χ3n) is 6.59. The number of nitrogens with zero attached hydrogens (tertiary/aromatic N) is 3. The van der Waals surface area contributed by atoms with Crippen molar-refractivity contribution < 1.29 is 13.2 Å². The molecule has 0 aliphatic rings. The van der Waals surface area contributed by atoms with E-state index in [1.54, 1.807) is 18.3 Å². The molecule has 0 atom stereocenters. The van der Waals surface area contributed by atoms with E-state index in [1.807, 2.05) is 65.0 Å². The number of benzene rings is 3. The van der Waals surface area contributed by atoms with Gasteiger partial charge in [0, 0.05) is 27.7 Å². The Hall–Kier alpha value is -3.88. The Kier molecular flexibility index (Phi) is 8.28. The van der Waals surface area contributed by atoms with Crippen LogP contribution in [-0.4, -0.2) is 31.7 Å². The van der Waals surface area contributed by atoms with Crippen LogP contribution in [0.5, 0.6) is 0 Å².